The molecule has 1 aromatic carbocycles. The van der Waals surface area contributed by atoms with Gasteiger partial charge in [0.25, 0.3) is 0 Å². The molecule has 2 atom stereocenters. The van der Waals surface area contributed by atoms with E-state index in [0.29, 0.717) is 24.7 Å². The fourth-order valence-corrected chi connectivity index (χ4v) is 3.66. The van der Waals surface area contributed by atoms with E-state index in [2.05, 4.69) is 0 Å². The first-order valence-electron chi connectivity index (χ1n) is 8.60. The number of esters is 1. The number of likely N-dealkylation sites (tertiary alicyclic amines) is 1. The van der Waals surface area contributed by atoms with Crippen molar-refractivity contribution < 1.29 is 23.8 Å². The van der Waals surface area contributed by atoms with Crippen LogP contribution in [0.3, 0.4) is 0 Å². The minimum Gasteiger partial charge on any atom is -0.486 e. The van der Waals surface area contributed by atoms with Crippen LogP contribution < -0.4 is 9.47 Å². The van der Waals surface area contributed by atoms with Crippen molar-refractivity contribution in [3.63, 3.8) is 0 Å². The van der Waals surface area contributed by atoms with E-state index < -0.39 is 12.0 Å². The summed E-state index contributed by atoms with van der Waals surface area (Å²) >= 11 is 0. The quantitative estimate of drug-likeness (QED) is 0.776. The summed E-state index contributed by atoms with van der Waals surface area (Å²) in [6.45, 7) is 2.58. The molecular formula is C18H21NO5. The number of carbonyl (C=O) groups is 2. The Bertz CT molecular complexity index is 653. The SMILES string of the molecule is O=C1C[C@H](C(=O)N2CCCCC2)[C@@H](c2ccc3c(c2)OCCO3)O1. The number of fused-ring (bicyclic) bond motifs is 1. The molecule has 3 heterocycles. The number of nitrogens with zero attached hydrogens (tertiary/aromatic N) is 1. The molecule has 0 bridgehead atoms. The zero-order chi connectivity index (χ0) is 16.5. The average Bonchev–Trinajstić information content (AvgIpc) is 3.03. The maximum absolute atomic E-state index is 12.9. The zero-order valence-corrected chi connectivity index (χ0v) is 13.5. The monoisotopic (exact) mass is 331 g/mol. The summed E-state index contributed by atoms with van der Waals surface area (Å²) in [5.41, 5.74) is 0.792. The number of hydrogen-bond donors (Lipinski definition) is 0. The lowest BCUT2D eigenvalue weighted by Crippen LogP contribution is -2.40. The number of piperidine rings is 1. The molecule has 3 aliphatic rings. The predicted molar refractivity (Wildman–Crippen MR) is 84.8 cm³/mol. The molecule has 0 spiro atoms. The van der Waals surface area contributed by atoms with E-state index in [-0.39, 0.29) is 18.3 Å². The van der Waals surface area contributed by atoms with Crippen LogP contribution in [-0.2, 0) is 14.3 Å². The van der Waals surface area contributed by atoms with Crippen molar-refractivity contribution in [3.8, 4) is 11.5 Å². The first-order chi connectivity index (χ1) is 11.7. The summed E-state index contributed by atoms with van der Waals surface area (Å²) in [6.07, 6.45) is 2.83. The molecule has 6 heteroatoms. The average molecular weight is 331 g/mol. The van der Waals surface area contributed by atoms with Crippen molar-refractivity contribution in [2.45, 2.75) is 31.8 Å². The summed E-state index contributed by atoms with van der Waals surface area (Å²) in [6, 6.07) is 5.50. The van der Waals surface area contributed by atoms with Crippen LogP contribution in [-0.4, -0.2) is 43.1 Å². The normalized spacial score (nSPS) is 26.2. The number of benzene rings is 1. The minimum absolute atomic E-state index is 0.0282. The predicted octanol–water partition coefficient (Wildman–Crippen LogP) is 2.07. The van der Waals surface area contributed by atoms with Crippen molar-refractivity contribution in [3.05, 3.63) is 23.8 Å². The second-order valence-corrected chi connectivity index (χ2v) is 6.51. The number of cyclic esters (lactones) is 1. The fourth-order valence-electron chi connectivity index (χ4n) is 3.66. The molecule has 6 nitrogen and oxygen atoms in total. The summed E-state index contributed by atoms with van der Waals surface area (Å²) in [4.78, 5) is 26.6. The lowest BCUT2D eigenvalue weighted by molar-refractivity contribution is -0.142. The molecule has 2 saturated heterocycles. The van der Waals surface area contributed by atoms with Gasteiger partial charge in [-0.1, -0.05) is 6.07 Å². The van der Waals surface area contributed by atoms with Crippen LogP contribution >= 0.6 is 0 Å². The highest BCUT2D eigenvalue weighted by Gasteiger charge is 2.43. The van der Waals surface area contributed by atoms with Crippen LogP contribution in [0.5, 0.6) is 11.5 Å². The van der Waals surface area contributed by atoms with Gasteiger partial charge in [0.2, 0.25) is 5.91 Å². The molecule has 0 N–H and O–H groups in total. The maximum Gasteiger partial charge on any atom is 0.307 e. The van der Waals surface area contributed by atoms with Gasteiger partial charge in [0.1, 0.15) is 19.3 Å². The molecule has 24 heavy (non-hydrogen) atoms. The molecule has 2 fully saturated rings. The molecule has 0 radical (unpaired) electrons. The summed E-state index contributed by atoms with van der Waals surface area (Å²) in [5, 5.41) is 0. The Morgan fingerprint density at radius 3 is 2.58 bits per heavy atom. The largest absolute Gasteiger partial charge is 0.486 e. The highest BCUT2D eigenvalue weighted by atomic mass is 16.6. The van der Waals surface area contributed by atoms with Gasteiger partial charge in [-0.25, -0.2) is 0 Å². The van der Waals surface area contributed by atoms with Crippen molar-refractivity contribution in [2.75, 3.05) is 26.3 Å². The van der Waals surface area contributed by atoms with Gasteiger partial charge in [0.05, 0.1) is 12.3 Å². The van der Waals surface area contributed by atoms with Crippen molar-refractivity contribution in [1.29, 1.82) is 0 Å². The van der Waals surface area contributed by atoms with Gasteiger partial charge in [-0.2, -0.15) is 0 Å². The van der Waals surface area contributed by atoms with Crippen molar-refractivity contribution >= 4 is 11.9 Å². The lowest BCUT2D eigenvalue weighted by atomic mass is 9.92. The Labute approximate surface area is 140 Å². The minimum atomic E-state index is -0.539. The number of amides is 1. The number of ether oxygens (including phenoxy) is 3. The van der Waals surface area contributed by atoms with E-state index >= 15 is 0 Å². The molecule has 1 aromatic rings. The highest BCUT2D eigenvalue weighted by Crippen LogP contribution is 2.40. The standard InChI is InChI=1S/C18H21NO5/c20-16-11-13(18(21)19-6-2-1-3-7-19)17(24-16)12-4-5-14-15(10-12)23-9-8-22-14/h4-5,10,13,17H,1-3,6-9,11H2/t13-,17+/m0/s1. The lowest BCUT2D eigenvalue weighted by Gasteiger charge is -2.30. The third-order valence-corrected chi connectivity index (χ3v) is 4.89. The van der Waals surface area contributed by atoms with Gasteiger partial charge in [0.15, 0.2) is 11.5 Å². The van der Waals surface area contributed by atoms with Crippen LogP contribution in [0.2, 0.25) is 0 Å². The van der Waals surface area contributed by atoms with Crippen LogP contribution in [0.4, 0.5) is 0 Å². The van der Waals surface area contributed by atoms with Gasteiger partial charge in [-0.3, -0.25) is 9.59 Å². The Hall–Kier alpha value is -2.24. The Kier molecular flexibility index (Phi) is 4.04. The van der Waals surface area contributed by atoms with Crippen molar-refractivity contribution in [1.82, 2.24) is 4.90 Å². The summed E-state index contributed by atoms with van der Waals surface area (Å²) in [7, 11) is 0. The second-order valence-electron chi connectivity index (χ2n) is 6.51. The van der Waals surface area contributed by atoms with Gasteiger partial charge in [-0.15, -0.1) is 0 Å². The summed E-state index contributed by atoms with van der Waals surface area (Å²) < 4.78 is 16.6. The third kappa shape index (κ3) is 2.81. The van der Waals surface area contributed by atoms with Gasteiger partial charge < -0.3 is 19.1 Å². The van der Waals surface area contributed by atoms with Crippen molar-refractivity contribution in [2.24, 2.45) is 5.92 Å². The molecule has 1 amide bonds. The number of rotatable bonds is 2. The van der Waals surface area contributed by atoms with Gasteiger partial charge >= 0.3 is 5.97 Å². The smallest absolute Gasteiger partial charge is 0.307 e. The molecule has 0 aliphatic carbocycles. The fraction of sp³-hybridized carbons (Fsp3) is 0.556. The van der Waals surface area contributed by atoms with E-state index in [1.807, 2.05) is 23.1 Å². The van der Waals surface area contributed by atoms with Crippen LogP contribution in [0.1, 0.15) is 37.4 Å². The molecule has 0 saturated carbocycles. The van der Waals surface area contributed by atoms with E-state index in [4.69, 9.17) is 14.2 Å². The van der Waals surface area contributed by atoms with Gasteiger partial charge in [-0.05, 0) is 37.0 Å². The van der Waals surface area contributed by atoms with Crippen LogP contribution in [0.15, 0.2) is 18.2 Å². The van der Waals surface area contributed by atoms with E-state index in [1.165, 1.54) is 0 Å². The number of carbonyl (C=O) groups excluding carboxylic acids is 2. The molecule has 0 unspecified atom stereocenters. The Morgan fingerprint density at radius 1 is 1.04 bits per heavy atom. The summed E-state index contributed by atoms with van der Waals surface area (Å²) in [5.74, 6) is 0.600. The first kappa shape index (κ1) is 15.3. The highest BCUT2D eigenvalue weighted by molar-refractivity contribution is 5.87. The molecule has 4 rings (SSSR count). The van der Waals surface area contributed by atoms with E-state index in [0.717, 1.165) is 37.9 Å². The molecule has 3 aliphatic heterocycles. The second kappa shape index (κ2) is 6.34. The Morgan fingerprint density at radius 2 is 1.79 bits per heavy atom. The van der Waals surface area contributed by atoms with Gasteiger partial charge in [0, 0.05) is 13.1 Å². The topological polar surface area (TPSA) is 65.1 Å². The third-order valence-electron chi connectivity index (χ3n) is 4.89. The molecule has 0 aromatic heterocycles. The first-order valence-corrected chi connectivity index (χ1v) is 8.60. The molecule has 128 valence electrons. The zero-order valence-electron chi connectivity index (χ0n) is 13.5. The van der Waals surface area contributed by atoms with Crippen LogP contribution in [0, 0.1) is 5.92 Å². The molecular weight excluding hydrogens is 310 g/mol. The van der Waals surface area contributed by atoms with Crippen LogP contribution in [0.25, 0.3) is 0 Å². The Balaban J connectivity index is 1.58. The van der Waals surface area contributed by atoms with E-state index in [1.54, 1.807) is 0 Å². The van der Waals surface area contributed by atoms with E-state index in [9.17, 15) is 9.59 Å². The number of hydrogen-bond acceptors (Lipinski definition) is 5. The maximum atomic E-state index is 12.9.